The van der Waals surface area contributed by atoms with Crippen LogP contribution < -0.4 is 0 Å². The van der Waals surface area contributed by atoms with Crippen molar-refractivity contribution in [2.75, 3.05) is 0 Å². The summed E-state index contributed by atoms with van der Waals surface area (Å²) in [6.45, 7) is 3.99. The van der Waals surface area contributed by atoms with Gasteiger partial charge >= 0.3 is 5.97 Å². The third-order valence-electron chi connectivity index (χ3n) is 2.11. The van der Waals surface area contributed by atoms with E-state index in [9.17, 15) is 4.79 Å². The number of carbonyl (C=O) groups is 1. The molecule has 0 aliphatic rings. The van der Waals surface area contributed by atoms with Gasteiger partial charge in [0.2, 0.25) is 0 Å². The van der Waals surface area contributed by atoms with Crippen molar-refractivity contribution >= 4 is 5.97 Å². The van der Waals surface area contributed by atoms with Crippen molar-refractivity contribution in [1.29, 1.82) is 0 Å². The maximum atomic E-state index is 10.6. The summed E-state index contributed by atoms with van der Waals surface area (Å²) in [5.74, 6) is 0.238. The largest absolute Gasteiger partial charge is 0.481 e. The molecule has 0 aliphatic heterocycles. The zero-order valence-corrected chi connectivity index (χ0v) is 7.86. The molecule has 0 radical (unpaired) electrons. The molecular weight excluding hydrogens is 168 g/mol. The first kappa shape index (κ1) is 9.84. The fourth-order valence-corrected chi connectivity index (χ4v) is 1.36. The van der Waals surface area contributed by atoms with Crippen molar-refractivity contribution in [3.8, 4) is 0 Å². The van der Waals surface area contributed by atoms with E-state index in [1.54, 1.807) is 12.3 Å². The lowest BCUT2D eigenvalue weighted by atomic mass is 9.90. The summed E-state index contributed by atoms with van der Waals surface area (Å²) in [5, 5.41) is 8.69. The van der Waals surface area contributed by atoms with Crippen LogP contribution in [-0.2, 0) is 4.79 Å². The number of carboxylic acids is 1. The first-order valence-electron chi connectivity index (χ1n) is 4.36. The Hall–Kier alpha value is -1.25. The number of furan rings is 1. The second kappa shape index (κ2) is 4.12. The minimum atomic E-state index is -0.782. The summed E-state index contributed by atoms with van der Waals surface area (Å²) >= 11 is 0. The summed E-state index contributed by atoms with van der Waals surface area (Å²) in [5.41, 5.74) is 0. The van der Waals surface area contributed by atoms with Gasteiger partial charge in [-0.25, -0.2) is 0 Å². The smallest absolute Gasteiger partial charge is 0.304 e. The Morgan fingerprint density at radius 3 is 2.69 bits per heavy atom. The molecule has 1 heterocycles. The Kier molecular flexibility index (Phi) is 3.12. The highest BCUT2D eigenvalue weighted by atomic mass is 16.4. The average Bonchev–Trinajstić information content (AvgIpc) is 2.50. The molecule has 3 heteroatoms. The lowest BCUT2D eigenvalue weighted by Gasteiger charge is -2.15. The van der Waals surface area contributed by atoms with Crippen molar-refractivity contribution in [2.45, 2.75) is 26.2 Å². The number of hydrogen-bond donors (Lipinski definition) is 1. The summed E-state index contributed by atoms with van der Waals surface area (Å²) in [6.07, 6.45) is 1.71. The van der Waals surface area contributed by atoms with Crippen LogP contribution in [0.15, 0.2) is 22.8 Å². The van der Waals surface area contributed by atoms with Gasteiger partial charge in [-0.05, 0) is 18.1 Å². The van der Waals surface area contributed by atoms with Gasteiger partial charge in [0.25, 0.3) is 0 Å². The van der Waals surface area contributed by atoms with E-state index in [0.29, 0.717) is 0 Å². The molecular formula is C10H14O3. The van der Waals surface area contributed by atoms with E-state index in [-0.39, 0.29) is 18.3 Å². The van der Waals surface area contributed by atoms with Crippen LogP contribution in [0.25, 0.3) is 0 Å². The summed E-state index contributed by atoms with van der Waals surface area (Å²) in [6, 6.07) is 3.61. The van der Waals surface area contributed by atoms with E-state index in [2.05, 4.69) is 0 Å². The predicted molar refractivity (Wildman–Crippen MR) is 48.5 cm³/mol. The van der Waals surface area contributed by atoms with Crippen molar-refractivity contribution in [3.63, 3.8) is 0 Å². The molecule has 1 unspecified atom stereocenters. The van der Waals surface area contributed by atoms with Gasteiger partial charge in [0.1, 0.15) is 5.76 Å². The van der Waals surface area contributed by atoms with Gasteiger partial charge in [0.05, 0.1) is 12.7 Å². The maximum Gasteiger partial charge on any atom is 0.304 e. The molecule has 0 bridgehead atoms. The SMILES string of the molecule is CC(C)C(CC(=O)O)c1ccco1. The molecule has 1 aromatic rings. The third-order valence-corrected chi connectivity index (χ3v) is 2.11. The first-order valence-corrected chi connectivity index (χ1v) is 4.36. The monoisotopic (exact) mass is 182 g/mol. The lowest BCUT2D eigenvalue weighted by Crippen LogP contribution is -2.11. The highest BCUT2D eigenvalue weighted by Gasteiger charge is 2.21. The van der Waals surface area contributed by atoms with E-state index in [1.165, 1.54) is 0 Å². The molecule has 0 aliphatic carbocycles. The zero-order valence-electron chi connectivity index (χ0n) is 7.86. The topological polar surface area (TPSA) is 50.4 Å². The van der Waals surface area contributed by atoms with Gasteiger partial charge in [-0.1, -0.05) is 13.8 Å². The van der Waals surface area contributed by atoms with Gasteiger partial charge in [0.15, 0.2) is 0 Å². The molecule has 0 saturated carbocycles. The Balaban J connectivity index is 2.74. The van der Waals surface area contributed by atoms with Crippen LogP contribution in [0.2, 0.25) is 0 Å². The maximum absolute atomic E-state index is 10.6. The van der Waals surface area contributed by atoms with Crippen LogP contribution in [0.1, 0.15) is 31.9 Å². The van der Waals surface area contributed by atoms with E-state index >= 15 is 0 Å². The normalized spacial score (nSPS) is 13.2. The fourth-order valence-electron chi connectivity index (χ4n) is 1.36. The lowest BCUT2D eigenvalue weighted by molar-refractivity contribution is -0.137. The minimum absolute atomic E-state index is 0.0208. The number of aliphatic carboxylic acids is 1. The van der Waals surface area contributed by atoms with Gasteiger partial charge in [-0.15, -0.1) is 0 Å². The highest BCUT2D eigenvalue weighted by Crippen LogP contribution is 2.27. The molecule has 0 amide bonds. The van der Waals surface area contributed by atoms with Crippen LogP contribution in [0.4, 0.5) is 0 Å². The summed E-state index contributed by atoms with van der Waals surface area (Å²) in [4.78, 5) is 10.6. The Labute approximate surface area is 77.4 Å². The number of rotatable bonds is 4. The first-order chi connectivity index (χ1) is 6.11. The quantitative estimate of drug-likeness (QED) is 0.778. The standard InChI is InChI=1S/C10H14O3/c1-7(2)8(6-10(11)12)9-4-3-5-13-9/h3-5,7-8H,6H2,1-2H3,(H,11,12). The van der Waals surface area contributed by atoms with Crippen LogP contribution in [-0.4, -0.2) is 11.1 Å². The van der Waals surface area contributed by atoms with Gasteiger partial charge in [-0.3, -0.25) is 4.79 Å². The average molecular weight is 182 g/mol. The summed E-state index contributed by atoms with van der Waals surface area (Å²) < 4.78 is 5.19. The molecule has 1 aromatic heterocycles. The Morgan fingerprint density at radius 2 is 2.31 bits per heavy atom. The van der Waals surface area contributed by atoms with Crippen LogP contribution in [0.3, 0.4) is 0 Å². The number of carboxylic acid groups (broad SMARTS) is 1. The third kappa shape index (κ3) is 2.61. The molecule has 0 fully saturated rings. The molecule has 13 heavy (non-hydrogen) atoms. The van der Waals surface area contributed by atoms with Crippen LogP contribution in [0.5, 0.6) is 0 Å². The van der Waals surface area contributed by atoms with Crippen molar-refractivity contribution < 1.29 is 14.3 Å². The minimum Gasteiger partial charge on any atom is -0.481 e. The Morgan fingerprint density at radius 1 is 1.62 bits per heavy atom. The van der Waals surface area contributed by atoms with Crippen molar-refractivity contribution in [3.05, 3.63) is 24.2 Å². The van der Waals surface area contributed by atoms with E-state index in [0.717, 1.165) is 5.76 Å². The summed E-state index contributed by atoms with van der Waals surface area (Å²) in [7, 11) is 0. The van der Waals surface area contributed by atoms with Gasteiger partial charge in [-0.2, -0.15) is 0 Å². The molecule has 1 N–H and O–H groups in total. The molecule has 0 aromatic carbocycles. The number of hydrogen-bond acceptors (Lipinski definition) is 2. The van der Waals surface area contributed by atoms with Crippen molar-refractivity contribution in [1.82, 2.24) is 0 Å². The van der Waals surface area contributed by atoms with Gasteiger partial charge < -0.3 is 9.52 Å². The predicted octanol–water partition coefficient (Wildman–Crippen LogP) is 2.49. The molecule has 0 saturated heterocycles. The van der Waals surface area contributed by atoms with Gasteiger partial charge in [0, 0.05) is 5.92 Å². The Bertz CT molecular complexity index is 262. The molecule has 72 valence electrons. The highest BCUT2D eigenvalue weighted by molar-refractivity contribution is 5.67. The van der Waals surface area contributed by atoms with E-state index in [1.807, 2.05) is 19.9 Å². The zero-order chi connectivity index (χ0) is 9.84. The fraction of sp³-hybridized carbons (Fsp3) is 0.500. The van der Waals surface area contributed by atoms with Crippen LogP contribution in [0, 0.1) is 5.92 Å². The molecule has 0 spiro atoms. The second-order valence-electron chi connectivity index (χ2n) is 3.46. The van der Waals surface area contributed by atoms with Crippen molar-refractivity contribution in [2.24, 2.45) is 5.92 Å². The molecule has 1 atom stereocenters. The molecule has 3 nitrogen and oxygen atoms in total. The van der Waals surface area contributed by atoms with E-state index in [4.69, 9.17) is 9.52 Å². The van der Waals surface area contributed by atoms with Crippen LogP contribution >= 0.6 is 0 Å². The van der Waals surface area contributed by atoms with E-state index < -0.39 is 5.97 Å². The second-order valence-corrected chi connectivity index (χ2v) is 3.46. The molecule has 1 rings (SSSR count).